The second-order valence-electron chi connectivity index (χ2n) is 0.606. The minimum absolute atomic E-state index is 0.542. The van der Waals surface area contributed by atoms with Gasteiger partial charge < -0.3 is 0 Å². The standard InChI is InChI=1S/CN2S.Sn/c2-1(3)4;. The van der Waals surface area contributed by atoms with Gasteiger partial charge in [0.2, 0.25) is 0 Å². The van der Waals surface area contributed by atoms with E-state index in [1.54, 1.807) is 0 Å². The van der Waals surface area contributed by atoms with Crippen molar-refractivity contribution >= 4 is 38.1 Å². The van der Waals surface area contributed by atoms with Crippen molar-refractivity contribution in [2.75, 3.05) is 0 Å². The molecule has 0 N–H and O–H groups in total. The molecule has 0 saturated carbocycles. The predicted octanol–water partition coefficient (Wildman–Crippen LogP) is 0.356. The fourth-order valence-corrected chi connectivity index (χ4v) is 1.16. The zero-order valence-electron chi connectivity index (χ0n) is 2.30. The van der Waals surface area contributed by atoms with Crippen LogP contribution in [0.2, 0.25) is 0 Å². The van der Waals surface area contributed by atoms with E-state index >= 15 is 0 Å². The summed E-state index contributed by atoms with van der Waals surface area (Å²) in [6, 6.07) is 0. The molecule has 0 atom stereocenters. The van der Waals surface area contributed by atoms with Crippen LogP contribution >= 0.6 is 12.2 Å². The molecular formula is CN2SSn. The number of thiocarbonyl (C=S) groups is 1. The normalized spacial score (nSPS) is 15.6. The van der Waals surface area contributed by atoms with Gasteiger partial charge in [0.1, 0.15) is 0 Å². The Bertz CT molecular complexity index is 112. The Hall–Kier alpha value is 0.489. The quantitative estimate of drug-likeness (QED) is 0.400. The third-order valence-electron chi connectivity index (χ3n) is 0.291. The van der Waals surface area contributed by atoms with E-state index < -0.39 is 20.8 Å². The molecule has 0 amide bonds. The molecule has 0 saturated heterocycles. The van der Waals surface area contributed by atoms with Crippen LogP contribution in [0.1, 0.15) is 0 Å². The van der Waals surface area contributed by atoms with Crippen molar-refractivity contribution in [3.8, 4) is 0 Å². The Morgan fingerprint density at radius 2 is 2.00 bits per heavy atom. The van der Waals surface area contributed by atoms with Crippen LogP contribution in [0.5, 0.6) is 0 Å². The summed E-state index contributed by atoms with van der Waals surface area (Å²) in [5.74, 6) is 0. The summed E-state index contributed by atoms with van der Waals surface area (Å²) < 4.78 is 7.61. The summed E-state index contributed by atoms with van der Waals surface area (Å²) in [5, 5.41) is 0.594. The summed E-state index contributed by atoms with van der Waals surface area (Å²) in [6.07, 6.45) is 0. The van der Waals surface area contributed by atoms with E-state index in [-0.39, 0.29) is 0 Å². The molecule has 1 rings (SSSR count). The molecule has 0 bridgehead atoms. The van der Waals surface area contributed by atoms with Gasteiger partial charge in [0.15, 0.2) is 0 Å². The van der Waals surface area contributed by atoms with Crippen LogP contribution in [0, 0.1) is 0 Å². The molecule has 5 heavy (non-hydrogen) atoms. The van der Waals surface area contributed by atoms with Gasteiger partial charge in [0, 0.05) is 0 Å². The maximum atomic E-state index is 4.49. The Morgan fingerprint density at radius 1 is 1.60 bits per heavy atom. The fraction of sp³-hybridized carbons (Fsp3) is 0. The van der Waals surface area contributed by atoms with Crippen LogP contribution in [0.3, 0.4) is 0 Å². The van der Waals surface area contributed by atoms with Crippen LogP contribution in [0.4, 0.5) is 0 Å². The molecular weight excluding hydrogens is 191 g/mol. The van der Waals surface area contributed by atoms with Crippen molar-refractivity contribution < 1.29 is 0 Å². The number of hydrogen-bond donors (Lipinski definition) is 0. The molecule has 0 radical (unpaired) electrons. The van der Waals surface area contributed by atoms with E-state index in [9.17, 15) is 0 Å². The SMILES string of the molecule is S=C1[N]=[Sn]=[N]1. The molecule has 0 aromatic carbocycles. The number of rotatable bonds is 0. The first-order valence-electron chi connectivity index (χ1n) is 1.10. The first-order chi connectivity index (χ1) is 2.39. The van der Waals surface area contributed by atoms with E-state index in [4.69, 9.17) is 0 Å². The van der Waals surface area contributed by atoms with Gasteiger partial charge in [0.05, 0.1) is 0 Å². The van der Waals surface area contributed by atoms with Gasteiger partial charge in [0.25, 0.3) is 0 Å². The van der Waals surface area contributed by atoms with Gasteiger partial charge in [-0.1, -0.05) is 0 Å². The zero-order valence-corrected chi connectivity index (χ0v) is 5.97. The average molecular weight is 191 g/mol. The Balaban J connectivity index is 2.96. The topological polar surface area (TPSA) is 24.7 Å². The molecule has 0 fully saturated rings. The molecule has 4 heteroatoms. The summed E-state index contributed by atoms with van der Waals surface area (Å²) in [5.41, 5.74) is 0. The van der Waals surface area contributed by atoms with Crippen molar-refractivity contribution in [1.29, 1.82) is 0 Å². The van der Waals surface area contributed by atoms with Gasteiger partial charge >= 0.3 is 44.4 Å². The Kier molecular flexibility index (Phi) is 0.953. The fourth-order valence-electron chi connectivity index (χ4n) is 0.0908. The monoisotopic (exact) mass is 192 g/mol. The van der Waals surface area contributed by atoms with E-state index in [1.165, 1.54) is 0 Å². The van der Waals surface area contributed by atoms with Crippen molar-refractivity contribution in [3.05, 3.63) is 0 Å². The first-order valence-corrected chi connectivity index (χ1v) is 4.06. The first kappa shape index (κ1) is 3.67. The molecule has 0 aromatic heterocycles. The molecule has 0 unspecified atom stereocenters. The van der Waals surface area contributed by atoms with Crippen LogP contribution < -0.4 is 0 Å². The van der Waals surface area contributed by atoms with Crippen LogP contribution in [0.15, 0.2) is 6.31 Å². The Labute approximate surface area is 44.6 Å². The second kappa shape index (κ2) is 1.30. The van der Waals surface area contributed by atoms with Gasteiger partial charge in [-0.25, -0.2) is 0 Å². The zero-order chi connectivity index (χ0) is 3.70. The summed E-state index contributed by atoms with van der Waals surface area (Å²) in [6.45, 7) is 0. The summed E-state index contributed by atoms with van der Waals surface area (Å²) >= 11 is 3.95. The van der Waals surface area contributed by atoms with Crippen molar-refractivity contribution in [2.45, 2.75) is 0 Å². The van der Waals surface area contributed by atoms with Crippen LogP contribution in [-0.2, 0) is 0 Å². The van der Waals surface area contributed by atoms with Gasteiger partial charge in [-0.05, 0) is 0 Å². The van der Waals surface area contributed by atoms with E-state index in [2.05, 4.69) is 18.5 Å². The van der Waals surface area contributed by atoms with E-state index in [0.29, 0.717) is 5.11 Å². The molecule has 0 spiro atoms. The number of hydrogen-bond acceptors (Lipinski definition) is 1. The third kappa shape index (κ3) is 0.660. The molecule has 0 aromatic rings. The predicted molar refractivity (Wildman–Crippen MR) is 23.2 cm³/mol. The van der Waals surface area contributed by atoms with Crippen molar-refractivity contribution in [2.24, 2.45) is 6.31 Å². The third-order valence-corrected chi connectivity index (χ3v) is 3.18. The molecule has 2 nitrogen and oxygen atoms in total. The molecule has 24 valence electrons. The van der Waals surface area contributed by atoms with E-state index in [1.807, 2.05) is 0 Å². The molecule has 1 heterocycles. The van der Waals surface area contributed by atoms with Crippen LogP contribution in [0.25, 0.3) is 0 Å². The molecule has 1 aliphatic rings. The average Bonchev–Trinajstić information content (AvgIpc) is 1.30. The maximum absolute atomic E-state index is 4.49. The molecule has 1 aliphatic heterocycles. The Morgan fingerprint density at radius 3 is 2.00 bits per heavy atom. The van der Waals surface area contributed by atoms with Gasteiger partial charge in [-0.15, -0.1) is 0 Å². The summed E-state index contributed by atoms with van der Waals surface area (Å²) in [7, 11) is 0. The molecule has 0 aliphatic carbocycles. The number of nitrogens with zero attached hydrogens (tertiary/aromatic N) is 2. The van der Waals surface area contributed by atoms with Crippen molar-refractivity contribution in [1.82, 2.24) is 0 Å². The van der Waals surface area contributed by atoms with E-state index in [0.717, 1.165) is 0 Å². The summed E-state index contributed by atoms with van der Waals surface area (Å²) in [4.78, 5) is 0. The second-order valence-corrected chi connectivity index (χ2v) is 2.82. The minimum atomic E-state index is -0.542. The van der Waals surface area contributed by atoms with Gasteiger partial charge in [-0.2, -0.15) is 0 Å². The van der Waals surface area contributed by atoms with Crippen molar-refractivity contribution in [3.63, 3.8) is 0 Å². The van der Waals surface area contributed by atoms with Gasteiger partial charge in [-0.3, -0.25) is 0 Å². The van der Waals surface area contributed by atoms with Crippen LogP contribution in [-0.4, -0.2) is 25.9 Å².